The van der Waals surface area contributed by atoms with E-state index in [0.29, 0.717) is 47.7 Å². The Morgan fingerprint density at radius 2 is 2.08 bits per heavy atom. The van der Waals surface area contributed by atoms with Gasteiger partial charge < -0.3 is 26.1 Å². The minimum Gasteiger partial charge on any atom is -0.453 e. The highest BCUT2D eigenvalue weighted by atomic mass is 35.5. The second-order valence-electron chi connectivity index (χ2n) is 8.94. The molecule has 14 heteroatoms. The van der Waals surface area contributed by atoms with Gasteiger partial charge in [-0.15, -0.1) is 0 Å². The number of benzene rings is 2. The number of ether oxygens (including phenoxy) is 1. The molecular weight excluding hydrogens is 543 g/mol. The zero-order valence-corrected chi connectivity index (χ0v) is 22.2. The third-order valence-corrected chi connectivity index (χ3v) is 6.43. The third-order valence-electron chi connectivity index (χ3n) is 6.14. The molecule has 4 rings (SSSR count). The zero-order chi connectivity index (χ0) is 28.8. The molecule has 210 valence electrons. The van der Waals surface area contributed by atoms with Crippen LogP contribution in [-0.4, -0.2) is 35.0 Å². The van der Waals surface area contributed by atoms with Crippen molar-refractivity contribution in [2.75, 3.05) is 22.8 Å². The van der Waals surface area contributed by atoms with Gasteiger partial charge in [-0.1, -0.05) is 24.1 Å². The lowest BCUT2D eigenvalue weighted by atomic mass is 10.1. The number of hydrogen-bond donors (Lipinski definition) is 6. The van der Waals surface area contributed by atoms with Gasteiger partial charge in [0.05, 0.1) is 47.6 Å². The van der Waals surface area contributed by atoms with Crippen LogP contribution in [0, 0.1) is 5.82 Å². The number of nitrogens with two attached hydrogens (primary N) is 2. The molecule has 1 aromatic heterocycles. The Balaban J connectivity index is 1.58. The molecule has 0 aliphatic carbocycles. The van der Waals surface area contributed by atoms with Crippen LogP contribution in [0.15, 0.2) is 54.5 Å². The predicted octanol–water partition coefficient (Wildman–Crippen LogP) is 3.90. The first kappa shape index (κ1) is 28.4. The Labute approximate surface area is 233 Å². The van der Waals surface area contributed by atoms with Crippen LogP contribution in [0.4, 0.5) is 26.2 Å². The average molecular weight is 571 g/mol. The monoisotopic (exact) mass is 570 g/mol. The summed E-state index contributed by atoms with van der Waals surface area (Å²) in [5, 5.41) is 9.03. The first-order chi connectivity index (χ1) is 19.2. The lowest BCUT2D eigenvalue weighted by molar-refractivity contribution is -0.118. The highest BCUT2D eigenvalue weighted by molar-refractivity contribution is 6.31. The maximum atomic E-state index is 14.3. The van der Waals surface area contributed by atoms with E-state index in [2.05, 4.69) is 30.7 Å². The van der Waals surface area contributed by atoms with E-state index in [4.69, 9.17) is 23.2 Å². The molecule has 3 aromatic rings. The Bertz CT molecular complexity index is 1460. The van der Waals surface area contributed by atoms with E-state index in [1.807, 2.05) is 0 Å². The molecule has 0 fully saturated rings. The second kappa shape index (κ2) is 12.5. The van der Waals surface area contributed by atoms with Crippen molar-refractivity contribution in [2.24, 2.45) is 11.6 Å². The minimum absolute atomic E-state index is 0.0631. The normalized spacial score (nSPS) is 15.6. The number of rotatable bonds is 5. The van der Waals surface area contributed by atoms with E-state index in [1.54, 1.807) is 24.4 Å². The number of nitrogens with one attached hydrogen (secondary N) is 4. The number of halogens is 2. The number of fused-ring (bicyclic) bond motifs is 4. The summed E-state index contributed by atoms with van der Waals surface area (Å²) < 4.78 is 19.0. The summed E-state index contributed by atoms with van der Waals surface area (Å²) in [5.41, 5.74) is 7.72. The number of hydrazine groups is 1. The predicted molar refractivity (Wildman–Crippen MR) is 148 cm³/mol. The number of imidazole rings is 1. The SMILES string of the molecule is COC(=O)Nc1ccc2c(c1)NC(=O)CCCCC(NC(=O)/C(N)=C/N(N)c1cccc(Cl)c1F)c1ncc-2[nH]1. The average Bonchev–Trinajstić information content (AvgIpc) is 3.41. The highest BCUT2D eigenvalue weighted by Gasteiger charge is 2.22. The third kappa shape index (κ3) is 6.68. The molecule has 2 bridgehead atoms. The molecule has 0 saturated heterocycles. The summed E-state index contributed by atoms with van der Waals surface area (Å²) in [6, 6.07) is 8.68. The van der Waals surface area contributed by atoms with Crippen molar-refractivity contribution in [3.8, 4) is 11.3 Å². The van der Waals surface area contributed by atoms with Gasteiger partial charge in [0.25, 0.3) is 5.91 Å². The maximum absolute atomic E-state index is 14.3. The first-order valence-corrected chi connectivity index (χ1v) is 12.6. The molecular formula is C26H28ClFN8O4. The van der Waals surface area contributed by atoms with Crippen molar-refractivity contribution in [3.63, 3.8) is 0 Å². The van der Waals surface area contributed by atoms with E-state index in [1.165, 1.54) is 25.3 Å². The van der Waals surface area contributed by atoms with Crippen LogP contribution in [0.2, 0.25) is 5.02 Å². The minimum atomic E-state index is -0.754. The number of H-pyrrole nitrogens is 1. The molecule has 1 atom stereocenters. The van der Waals surface area contributed by atoms with Crippen molar-refractivity contribution in [3.05, 3.63) is 71.2 Å². The molecule has 40 heavy (non-hydrogen) atoms. The van der Waals surface area contributed by atoms with Crippen LogP contribution in [0.25, 0.3) is 11.3 Å². The maximum Gasteiger partial charge on any atom is 0.411 e. The summed E-state index contributed by atoms with van der Waals surface area (Å²) in [7, 11) is 1.25. The molecule has 0 radical (unpaired) electrons. The zero-order valence-electron chi connectivity index (χ0n) is 21.5. The Morgan fingerprint density at radius 3 is 2.85 bits per heavy atom. The van der Waals surface area contributed by atoms with E-state index in [0.717, 1.165) is 11.2 Å². The largest absolute Gasteiger partial charge is 0.453 e. The fraction of sp³-hybridized carbons (Fsp3) is 0.231. The van der Waals surface area contributed by atoms with Crippen molar-refractivity contribution >= 4 is 46.6 Å². The summed E-state index contributed by atoms with van der Waals surface area (Å²) in [6.07, 6.45) is 3.85. The van der Waals surface area contributed by atoms with E-state index >= 15 is 0 Å². The van der Waals surface area contributed by atoms with Crippen LogP contribution >= 0.6 is 11.6 Å². The summed E-state index contributed by atoms with van der Waals surface area (Å²) in [5.74, 6) is 4.76. The van der Waals surface area contributed by atoms with Gasteiger partial charge in [0.1, 0.15) is 11.5 Å². The van der Waals surface area contributed by atoms with Crippen molar-refractivity contribution in [2.45, 2.75) is 31.7 Å². The van der Waals surface area contributed by atoms with Gasteiger partial charge in [-0.3, -0.25) is 19.9 Å². The smallest absolute Gasteiger partial charge is 0.411 e. The van der Waals surface area contributed by atoms with E-state index < -0.39 is 23.9 Å². The van der Waals surface area contributed by atoms with Crippen LogP contribution in [0.5, 0.6) is 0 Å². The molecule has 1 unspecified atom stereocenters. The lowest BCUT2D eigenvalue weighted by Crippen LogP contribution is -2.35. The first-order valence-electron chi connectivity index (χ1n) is 12.3. The lowest BCUT2D eigenvalue weighted by Gasteiger charge is -2.19. The number of aromatic nitrogens is 2. The van der Waals surface area contributed by atoms with E-state index in [-0.39, 0.29) is 28.7 Å². The number of aromatic amines is 1. The number of carbonyl (C=O) groups excluding carboxylic acids is 3. The topological polar surface area (TPSA) is 180 Å². The Kier molecular flexibility index (Phi) is 8.86. The number of anilines is 3. The summed E-state index contributed by atoms with van der Waals surface area (Å²) in [4.78, 5) is 44.9. The highest BCUT2D eigenvalue weighted by Crippen LogP contribution is 2.32. The molecule has 8 N–H and O–H groups in total. The number of hydrogen-bond acceptors (Lipinski definition) is 8. The standard InChI is InChI=1S/C26H28ClFN8O4/c1-40-26(39)32-14-9-10-15-19(11-14)33-22(37)8-3-2-6-18(24-31-12-20(15)34-24)35-25(38)17(29)13-36(30)21-7-4-5-16(27)23(21)28/h4-5,7,9-13,18H,2-3,6,8,29-30H2,1H3,(H,31,34)(H,32,39)(H,33,37)(H,35,38)/b17-13-. The summed E-state index contributed by atoms with van der Waals surface area (Å²) in [6.45, 7) is 0. The fourth-order valence-electron chi connectivity index (χ4n) is 4.12. The van der Waals surface area contributed by atoms with Crippen LogP contribution in [0.3, 0.4) is 0 Å². The van der Waals surface area contributed by atoms with Gasteiger partial charge in [0.2, 0.25) is 5.91 Å². The quantitative estimate of drug-likeness (QED) is 0.152. The van der Waals surface area contributed by atoms with Gasteiger partial charge in [0, 0.05) is 17.7 Å². The molecule has 2 aromatic carbocycles. The van der Waals surface area contributed by atoms with Gasteiger partial charge in [-0.2, -0.15) is 0 Å². The molecule has 2 heterocycles. The molecule has 12 nitrogen and oxygen atoms in total. The van der Waals surface area contributed by atoms with Gasteiger partial charge in [0.15, 0.2) is 5.82 Å². The van der Waals surface area contributed by atoms with Gasteiger partial charge >= 0.3 is 6.09 Å². The van der Waals surface area contributed by atoms with E-state index in [9.17, 15) is 18.8 Å². The van der Waals surface area contributed by atoms with Crippen LogP contribution < -0.4 is 32.5 Å². The van der Waals surface area contributed by atoms with Gasteiger partial charge in [-0.25, -0.2) is 20.0 Å². The summed E-state index contributed by atoms with van der Waals surface area (Å²) >= 11 is 5.81. The molecule has 1 aliphatic rings. The second-order valence-corrected chi connectivity index (χ2v) is 9.35. The Hall–Kier alpha value is -4.62. The molecule has 1 aliphatic heterocycles. The molecule has 0 saturated carbocycles. The number of carbonyl (C=O) groups is 3. The molecule has 0 spiro atoms. The Morgan fingerprint density at radius 1 is 1.27 bits per heavy atom. The van der Waals surface area contributed by atoms with Crippen LogP contribution in [-0.2, 0) is 14.3 Å². The van der Waals surface area contributed by atoms with Crippen LogP contribution in [0.1, 0.15) is 37.5 Å². The van der Waals surface area contributed by atoms with Crippen molar-refractivity contribution < 1.29 is 23.5 Å². The number of nitrogens with zero attached hydrogens (tertiary/aromatic N) is 2. The van der Waals surface area contributed by atoms with Crippen molar-refractivity contribution in [1.29, 1.82) is 0 Å². The number of amides is 3. The molecule has 3 amide bonds. The van der Waals surface area contributed by atoms with Gasteiger partial charge in [-0.05, 0) is 43.2 Å². The van der Waals surface area contributed by atoms with Crippen molar-refractivity contribution in [1.82, 2.24) is 15.3 Å². The number of methoxy groups -OCH3 is 1. The fourth-order valence-corrected chi connectivity index (χ4v) is 4.28.